The molecule has 1 saturated carbocycles. The summed E-state index contributed by atoms with van der Waals surface area (Å²) in [5.41, 5.74) is 1.31. The van der Waals surface area contributed by atoms with E-state index in [-0.39, 0.29) is 0 Å². The van der Waals surface area contributed by atoms with Crippen LogP contribution in [0.5, 0.6) is 0 Å². The van der Waals surface area contributed by atoms with Crippen LogP contribution in [-0.4, -0.2) is 11.0 Å². The van der Waals surface area contributed by atoms with Crippen LogP contribution in [0, 0.1) is 8.93 Å². The number of thiazole rings is 1. The number of nitrogens with zero attached hydrogens (tertiary/aromatic N) is 1. The second kappa shape index (κ2) is 4.30. The average molecular weight is 334 g/mol. The molecule has 0 bridgehead atoms. The number of nitrogens with one attached hydrogen (secondary N) is 1. The standard InChI is InChI=1S/C11H15IN2S/c12-11-14-9-6-13-8(7-2-1-3-7)4-5-10(9)15-11/h7-8,13H,1-6H2. The van der Waals surface area contributed by atoms with Crippen molar-refractivity contribution in [1.82, 2.24) is 10.3 Å². The van der Waals surface area contributed by atoms with Crippen molar-refractivity contribution in [1.29, 1.82) is 0 Å². The zero-order chi connectivity index (χ0) is 10.3. The van der Waals surface area contributed by atoms with Crippen molar-refractivity contribution < 1.29 is 0 Å². The summed E-state index contributed by atoms with van der Waals surface area (Å²) < 4.78 is 1.20. The van der Waals surface area contributed by atoms with Crippen molar-refractivity contribution in [3.63, 3.8) is 0 Å². The number of rotatable bonds is 1. The monoisotopic (exact) mass is 334 g/mol. The summed E-state index contributed by atoms with van der Waals surface area (Å²) in [5.74, 6) is 0.957. The van der Waals surface area contributed by atoms with E-state index in [0.29, 0.717) is 0 Å². The van der Waals surface area contributed by atoms with Gasteiger partial charge in [0.25, 0.3) is 0 Å². The van der Waals surface area contributed by atoms with E-state index in [4.69, 9.17) is 0 Å². The fourth-order valence-corrected chi connectivity index (χ4v) is 4.45. The van der Waals surface area contributed by atoms with Gasteiger partial charge >= 0.3 is 0 Å². The van der Waals surface area contributed by atoms with Crippen LogP contribution in [0.2, 0.25) is 0 Å². The minimum atomic E-state index is 0.762. The molecular formula is C11H15IN2S. The first-order chi connectivity index (χ1) is 7.33. The Morgan fingerprint density at radius 2 is 2.20 bits per heavy atom. The summed E-state index contributed by atoms with van der Waals surface area (Å²) in [6.07, 6.45) is 6.88. The van der Waals surface area contributed by atoms with Crippen molar-refractivity contribution in [3.8, 4) is 0 Å². The number of aryl methyl sites for hydroxylation is 1. The molecule has 0 aromatic carbocycles. The van der Waals surface area contributed by atoms with E-state index >= 15 is 0 Å². The van der Waals surface area contributed by atoms with Gasteiger partial charge < -0.3 is 5.32 Å². The van der Waals surface area contributed by atoms with E-state index in [2.05, 4.69) is 32.9 Å². The molecule has 1 aromatic rings. The Morgan fingerprint density at radius 3 is 2.93 bits per heavy atom. The maximum Gasteiger partial charge on any atom is 0.154 e. The Morgan fingerprint density at radius 1 is 1.33 bits per heavy atom. The molecule has 2 nitrogen and oxygen atoms in total. The number of halogens is 1. The average Bonchev–Trinajstić information content (AvgIpc) is 2.38. The van der Waals surface area contributed by atoms with Crippen molar-refractivity contribution in [2.24, 2.45) is 5.92 Å². The lowest BCUT2D eigenvalue weighted by Gasteiger charge is -2.33. The molecule has 0 saturated heterocycles. The van der Waals surface area contributed by atoms with Crippen LogP contribution in [0.4, 0.5) is 0 Å². The van der Waals surface area contributed by atoms with E-state index in [1.165, 1.54) is 45.7 Å². The van der Waals surface area contributed by atoms with Crippen molar-refractivity contribution >= 4 is 33.9 Å². The number of hydrogen-bond acceptors (Lipinski definition) is 3. The van der Waals surface area contributed by atoms with E-state index in [0.717, 1.165) is 18.5 Å². The molecule has 1 aliphatic carbocycles. The smallest absolute Gasteiger partial charge is 0.154 e. The van der Waals surface area contributed by atoms with Gasteiger partial charge in [-0.3, -0.25) is 0 Å². The largest absolute Gasteiger partial charge is 0.308 e. The van der Waals surface area contributed by atoms with Gasteiger partial charge in [0, 0.05) is 17.5 Å². The van der Waals surface area contributed by atoms with Crippen molar-refractivity contribution in [3.05, 3.63) is 13.6 Å². The summed E-state index contributed by atoms with van der Waals surface area (Å²) in [4.78, 5) is 6.11. The molecule has 1 aliphatic heterocycles. The summed E-state index contributed by atoms with van der Waals surface area (Å²) in [5, 5.41) is 3.69. The van der Waals surface area contributed by atoms with Gasteiger partial charge in [-0.1, -0.05) is 6.42 Å². The molecule has 0 radical (unpaired) electrons. The van der Waals surface area contributed by atoms with Gasteiger partial charge in [0.15, 0.2) is 3.01 Å². The van der Waals surface area contributed by atoms with Crippen LogP contribution < -0.4 is 5.32 Å². The molecule has 82 valence electrons. The van der Waals surface area contributed by atoms with E-state index < -0.39 is 0 Å². The highest BCUT2D eigenvalue weighted by Gasteiger charge is 2.29. The molecule has 1 aromatic heterocycles. The third-order valence-corrected chi connectivity index (χ3v) is 5.53. The molecule has 1 N–H and O–H groups in total. The van der Waals surface area contributed by atoms with Gasteiger partial charge in [0.05, 0.1) is 5.69 Å². The van der Waals surface area contributed by atoms with Gasteiger partial charge in [0.1, 0.15) is 0 Å². The first-order valence-corrected chi connectivity index (χ1v) is 7.60. The van der Waals surface area contributed by atoms with Gasteiger partial charge in [-0.15, -0.1) is 11.3 Å². The Hall–Kier alpha value is 0.320. The molecule has 2 aliphatic rings. The van der Waals surface area contributed by atoms with Crippen LogP contribution in [0.3, 0.4) is 0 Å². The normalized spacial score (nSPS) is 26.9. The van der Waals surface area contributed by atoms with Crippen LogP contribution in [0.25, 0.3) is 0 Å². The molecule has 2 heterocycles. The lowest BCUT2D eigenvalue weighted by molar-refractivity contribution is 0.221. The van der Waals surface area contributed by atoms with Gasteiger partial charge in [-0.25, -0.2) is 4.98 Å². The fourth-order valence-electron chi connectivity index (χ4n) is 2.55. The first-order valence-electron chi connectivity index (χ1n) is 5.70. The molecular weight excluding hydrogens is 319 g/mol. The predicted octanol–water partition coefficient (Wildman–Crippen LogP) is 2.95. The molecule has 0 amide bonds. The highest BCUT2D eigenvalue weighted by atomic mass is 127. The second-order valence-corrected chi connectivity index (χ2v) is 7.39. The quantitative estimate of drug-likeness (QED) is 0.799. The maximum absolute atomic E-state index is 4.59. The fraction of sp³-hybridized carbons (Fsp3) is 0.727. The third kappa shape index (κ3) is 2.08. The predicted molar refractivity (Wildman–Crippen MR) is 71.1 cm³/mol. The highest BCUT2D eigenvalue weighted by molar-refractivity contribution is 14.1. The summed E-state index contributed by atoms with van der Waals surface area (Å²) in [7, 11) is 0. The number of hydrogen-bond donors (Lipinski definition) is 1. The molecule has 4 heteroatoms. The topological polar surface area (TPSA) is 24.9 Å². The Bertz CT molecular complexity index is 334. The van der Waals surface area contributed by atoms with Gasteiger partial charge in [0.2, 0.25) is 0 Å². The lowest BCUT2D eigenvalue weighted by Crippen LogP contribution is -2.38. The van der Waals surface area contributed by atoms with E-state index in [9.17, 15) is 0 Å². The zero-order valence-electron chi connectivity index (χ0n) is 8.63. The molecule has 0 spiro atoms. The summed E-state index contributed by atoms with van der Waals surface area (Å²) >= 11 is 4.21. The molecule has 1 unspecified atom stereocenters. The maximum atomic E-state index is 4.59. The SMILES string of the molecule is Ic1nc2c(s1)CCC(C1CCC1)NC2. The Balaban J connectivity index is 1.71. The molecule has 3 rings (SSSR count). The third-order valence-electron chi connectivity index (χ3n) is 3.69. The molecule has 15 heavy (non-hydrogen) atoms. The first kappa shape index (κ1) is 10.5. The van der Waals surface area contributed by atoms with E-state index in [1.54, 1.807) is 0 Å². The van der Waals surface area contributed by atoms with Crippen molar-refractivity contribution in [2.45, 2.75) is 44.7 Å². The summed E-state index contributed by atoms with van der Waals surface area (Å²) in [6.45, 7) is 0.996. The van der Waals surface area contributed by atoms with Crippen molar-refractivity contribution in [2.75, 3.05) is 0 Å². The van der Waals surface area contributed by atoms with Crippen LogP contribution in [-0.2, 0) is 13.0 Å². The van der Waals surface area contributed by atoms with Crippen LogP contribution in [0.1, 0.15) is 36.3 Å². The number of aromatic nitrogens is 1. The van der Waals surface area contributed by atoms with E-state index in [1.807, 2.05) is 11.3 Å². The lowest BCUT2D eigenvalue weighted by atomic mass is 9.78. The van der Waals surface area contributed by atoms with Gasteiger partial charge in [-0.05, 0) is 54.2 Å². The van der Waals surface area contributed by atoms with Gasteiger partial charge in [-0.2, -0.15) is 0 Å². The zero-order valence-corrected chi connectivity index (χ0v) is 11.6. The minimum absolute atomic E-state index is 0.762. The molecule has 1 atom stereocenters. The molecule has 1 fully saturated rings. The second-order valence-electron chi connectivity index (χ2n) is 4.55. The van der Waals surface area contributed by atoms with Crippen LogP contribution in [0.15, 0.2) is 0 Å². The summed E-state index contributed by atoms with van der Waals surface area (Å²) in [6, 6.07) is 0.762. The Kier molecular flexibility index (Phi) is 3.00. The minimum Gasteiger partial charge on any atom is -0.308 e. The Labute approximate surface area is 108 Å². The van der Waals surface area contributed by atoms with Crippen LogP contribution >= 0.6 is 33.9 Å². The highest BCUT2D eigenvalue weighted by Crippen LogP contribution is 2.34. The number of fused-ring (bicyclic) bond motifs is 1.